The molecule has 1 aliphatic carbocycles. The maximum absolute atomic E-state index is 2.48. The van der Waals surface area contributed by atoms with Gasteiger partial charge in [0.05, 0.1) is 11.4 Å². The lowest BCUT2D eigenvalue weighted by Crippen LogP contribution is -2.32. The summed E-state index contributed by atoms with van der Waals surface area (Å²) in [7, 11) is 0. The van der Waals surface area contributed by atoms with Crippen LogP contribution in [0.4, 0.5) is 17.1 Å². The van der Waals surface area contributed by atoms with E-state index in [0.717, 1.165) is 0 Å². The normalized spacial score (nSPS) is 17.3. The quantitative estimate of drug-likeness (QED) is 0.228. The van der Waals surface area contributed by atoms with Gasteiger partial charge in [-0.3, -0.25) is 0 Å². The Balaban J connectivity index is 1.51. The predicted octanol–water partition coefficient (Wildman–Crippen LogP) is 9.11. The number of para-hydroxylation sites is 2. The monoisotopic (exact) mass is 445 g/mol. The van der Waals surface area contributed by atoms with E-state index in [1.807, 2.05) is 0 Å². The maximum Gasteiger partial charge on any atom is 0.0512 e. The van der Waals surface area contributed by atoms with E-state index in [-0.39, 0.29) is 5.41 Å². The molecule has 1 aliphatic heterocycles. The second-order valence-electron chi connectivity index (χ2n) is 9.92. The SMILES string of the molecule is CC12c3cc4c(ccc5ccccc54)cc3-c3cccc(c31)N(c1ccccc1)c1ccccc12. The number of hydrogen-bond acceptors (Lipinski definition) is 1. The molecule has 0 radical (unpaired) electrons. The molecule has 164 valence electrons. The lowest BCUT2D eigenvalue weighted by atomic mass is 9.70. The van der Waals surface area contributed by atoms with Crippen LogP contribution in [0.5, 0.6) is 0 Å². The minimum absolute atomic E-state index is 0.214. The van der Waals surface area contributed by atoms with Crippen molar-refractivity contribution < 1.29 is 0 Å². The van der Waals surface area contributed by atoms with Crippen molar-refractivity contribution in [3.05, 3.63) is 138 Å². The van der Waals surface area contributed by atoms with Crippen LogP contribution in [0.3, 0.4) is 0 Å². The molecule has 6 aromatic carbocycles. The highest BCUT2D eigenvalue weighted by atomic mass is 15.2. The molecule has 0 aromatic heterocycles. The van der Waals surface area contributed by atoms with Gasteiger partial charge in [-0.1, -0.05) is 84.9 Å². The molecule has 0 bridgehead atoms. The van der Waals surface area contributed by atoms with E-state index in [4.69, 9.17) is 0 Å². The zero-order valence-electron chi connectivity index (χ0n) is 19.5. The smallest absolute Gasteiger partial charge is 0.0512 e. The van der Waals surface area contributed by atoms with E-state index in [2.05, 4.69) is 133 Å². The van der Waals surface area contributed by atoms with Gasteiger partial charge in [-0.05, 0) is 92.7 Å². The van der Waals surface area contributed by atoms with Crippen molar-refractivity contribution >= 4 is 38.6 Å². The zero-order chi connectivity index (χ0) is 23.1. The summed E-state index contributed by atoms with van der Waals surface area (Å²) in [6.45, 7) is 2.43. The standard InChI is InChI=1S/C34H23N/c1-34-29-15-7-8-16-31(29)35(24-11-3-2-4-12-24)32-17-9-14-26(33(32)34)28-20-23-19-18-22-10-5-6-13-25(22)27(23)21-30(28)34/h2-21H,1H3. The lowest BCUT2D eigenvalue weighted by molar-refractivity contribution is 0.703. The average molecular weight is 446 g/mol. The summed E-state index contributed by atoms with van der Waals surface area (Å²) in [6, 6.07) is 44.7. The van der Waals surface area contributed by atoms with Crippen LogP contribution in [0.2, 0.25) is 0 Å². The highest BCUT2D eigenvalue weighted by Gasteiger charge is 2.48. The Morgan fingerprint density at radius 3 is 2.17 bits per heavy atom. The Bertz CT molecular complexity index is 1810. The van der Waals surface area contributed by atoms with Crippen LogP contribution in [0.25, 0.3) is 32.7 Å². The van der Waals surface area contributed by atoms with Crippen LogP contribution in [-0.2, 0) is 5.41 Å². The van der Waals surface area contributed by atoms with Gasteiger partial charge in [0.15, 0.2) is 0 Å². The second-order valence-corrected chi connectivity index (χ2v) is 9.92. The van der Waals surface area contributed by atoms with Crippen molar-refractivity contribution in [1.82, 2.24) is 0 Å². The fourth-order valence-corrected chi connectivity index (χ4v) is 6.66. The number of anilines is 3. The highest BCUT2D eigenvalue weighted by molar-refractivity contribution is 6.10. The molecule has 1 unspecified atom stereocenters. The van der Waals surface area contributed by atoms with E-state index in [9.17, 15) is 0 Å². The summed E-state index contributed by atoms with van der Waals surface area (Å²) in [5.41, 5.74) is 10.4. The van der Waals surface area contributed by atoms with Crippen LogP contribution >= 0.6 is 0 Å². The van der Waals surface area contributed by atoms with Crippen molar-refractivity contribution in [3.63, 3.8) is 0 Å². The Morgan fingerprint density at radius 1 is 0.514 bits per heavy atom. The van der Waals surface area contributed by atoms with Crippen molar-refractivity contribution in [1.29, 1.82) is 0 Å². The van der Waals surface area contributed by atoms with Gasteiger partial charge in [0.2, 0.25) is 0 Å². The van der Waals surface area contributed by atoms with Gasteiger partial charge in [0.1, 0.15) is 0 Å². The third-order valence-electron chi connectivity index (χ3n) is 8.19. The summed E-state index contributed by atoms with van der Waals surface area (Å²) >= 11 is 0. The Labute approximate surface area is 204 Å². The molecule has 35 heavy (non-hydrogen) atoms. The minimum Gasteiger partial charge on any atom is -0.310 e. The predicted molar refractivity (Wildman–Crippen MR) is 147 cm³/mol. The first kappa shape index (κ1) is 19.0. The number of rotatable bonds is 1. The van der Waals surface area contributed by atoms with Gasteiger partial charge >= 0.3 is 0 Å². The zero-order valence-corrected chi connectivity index (χ0v) is 19.5. The fourth-order valence-electron chi connectivity index (χ4n) is 6.66. The summed E-state index contributed by atoms with van der Waals surface area (Å²) < 4.78 is 0. The summed E-state index contributed by atoms with van der Waals surface area (Å²) in [5.74, 6) is 0. The molecule has 1 heterocycles. The molecular weight excluding hydrogens is 422 g/mol. The maximum atomic E-state index is 2.48. The molecular formula is C34H23N. The molecule has 0 fully saturated rings. The largest absolute Gasteiger partial charge is 0.310 e. The van der Waals surface area contributed by atoms with E-state index in [0.29, 0.717) is 0 Å². The summed E-state index contributed by atoms with van der Waals surface area (Å²) in [4.78, 5) is 2.44. The molecule has 8 rings (SSSR count). The summed E-state index contributed by atoms with van der Waals surface area (Å²) in [5, 5.41) is 5.25. The number of benzene rings is 6. The third-order valence-corrected chi connectivity index (χ3v) is 8.19. The number of nitrogens with zero attached hydrogens (tertiary/aromatic N) is 1. The Kier molecular flexibility index (Phi) is 3.59. The first-order valence-electron chi connectivity index (χ1n) is 12.3. The molecule has 6 aromatic rings. The first-order valence-corrected chi connectivity index (χ1v) is 12.3. The lowest BCUT2D eigenvalue weighted by Gasteiger charge is -2.42. The first-order chi connectivity index (χ1) is 17.2. The third kappa shape index (κ3) is 2.33. The van der Waals surface area contributed by atoms with Crippen LogP contribution in [0, 0.1) is 0 Å². The van der Waals surface area contributed by atoms with Crippen molar-refractivity contribution in [2.45, 2.75) is 12.3 Å². The highest BCUT2D eigenvalue weighted by Crippen LogP contribution is 2.62. The second kappa shape index (κ2) is 6.61. The number of fused-ring (bicyclic) bond motifs is 8. The topological polar surface area (TPSA) is 3.24 Å². The van der Waals surface area contributed by atoms with E-state index in [1.165, 1.54) is 66.4 Å². The molecule has 0 amide bonds. The van der Waals surface area contributed by atoms with Crippen LogP contribution in [-0.4, -0.2) is 0 Å². The van der Waals surface area contributed by atoms with E-state index in [1.54, 1.807) is 0 Å². The van der Waals surface area contributed by atoms with Gasteiger partial charge in [-0.15, -0.1) is 0 Å². The van der Waals surface area contributed by atoms with Gasteiger partial charge in [0.25, 0.3) is 0 Å². The van der Waals surface area contributed by atoms with Crippen LogP contribution in [0.1, 0.15) is 23.6 Å². The molecule has 1 heteroatoms. The van der Waals surface area contributed by atoms with E-state index < -0.39 is 0 Å². The molecule has 2 aliphatic rings. The minimum atomic E-state index is -0.214. The summed E-state index contributed by atoms with van der Waals surface area (Å²) in [6.07, 6.45) is 0. The van der Waals surface area contributed by atoms with Gasteiger partial charge in [-0.25, -0.2) is 0 Å². The van der Waals surface area contributed by atoms with Gasteiger partial charge < -0.3 is 4.90 Å². The molecule has 0 N–H and O–H groups in total. The van der Waals surface area contributed by atoms with Crippen molar-refractivity contribution in [3.8, 4) is 11.1 Å². The Hall–Kier alpha value is -4.36. The number of hydrogen-bond donors (Lipinski definition) is 0. The fraction of sp³-hybridized carbons (Fsp3) is 0.0588. The van der Waals surface area contributed by atoms with Crippen LogP contribution < -0.4 is 4.90 Å². The van der Waals surface area contributed by atoms with Crippen molar-refractivity contribution in [2.24, 2.45) is 0 Å². The molecule has 1 atom stereocenters. The molecule has 0 saturated heterocycles. The van der Waals surface area contributed by atoms with E-state index >= 15 is 0 Å². The van der Waals surface area contributed by atoms with Crippen LogP contribution in [0.15, 0.2) is 121 Å². The molecule has 0 saturated carbocycles. The van der Waals surface area contributed by atoms with Gasteiger partial charge in [-0.2, -0.15) is 0 Å². The van der Waals surface area contributed by atoms with Gasteiger partial charge in [0, 0.05) is 11.1 Å². The molecule has 0 spiro atoms. The van der Waals surface area contributed by atoms with Crippen molar-refractivity contribution in [2.75, 3.05) is 4.90 Å². The average Bonchev–Trinajstić information content (AvgIpc) is 3.18. The Morgan fingerprint density at radius 2 is 1.26 bits per heavy atom. The molecule has 1 nitrogen and oxygen atoms in total.